The Morgan fingerprint density at radius 3 is 2.69 bits per heavy atom. The Hall–Kier alpha value is -4.27. The van der Waals surface area contributed by atoms with Crippen LogP contribution in [0.5, 0.6) is 0 Å². The summed E-state index contributed by atoms with van der Waals surface area (Å²) >= 11 is 0. The number of fused-ring (bicyclic) bond motifs is 2. The molecule has 2 N–H and O–H groups in total. The molecule has 5 aromatic rings. The number of pyridine rings is 2. The third kappa shape index (κ3) is 3.24. The van der Waals surface area contributed by atoms with Crippen LogP contribution in [-0.4, -0.2) is 44.8 Å². The first kappa shape index (κ1) is 19.7. The van der Waals surface area contributed by atoms with Crippen molar-refractivity contribution in [1.29, 1.82) is 0 Å². The molecule has 0 fully saturated rings. The Balaban J connectivity index is 1.48. The van der Waals surface area contributed by atoms with Gasteiger partial charge in [0, 0.05) is 36.6 Å². The summed E-state index contributed by atoms with van der Waals surface area (Å²) in [5.41, 5.74) is 4.25. The molecule has 0 unspecified atom stereocenters. The molecule has 0 saturated carbocycles. The highest BCUT2D eigenvalue weighted by Gasteiger charge is 2.19. The van der Waals surface area contributed by atoms with Gasteiger partial charge in [-0.05, 0) is 49.4 Å². The maximum Gasteiger partial charge on any atom is 0.256 e. The number of benzene rings is 1. The Kier molecular flexibility index (Phi) is 4.58. The molecular formula is C23H20FN7O. The molecule has 0 aliphatic heterocycles. The Morgan fingerprint density at radius 1 is 1.16 bits per heavy atom. The zero-order valence-corrected chi connectivity index (χ0v) is 17.7. The summed E-state index contributed by atoms with van der Waals surface area (Å²) in [6.45, 7) is 1.93. The fraction of sp³-hybridized carbons (Fsp3) is 0.130. The molecule has 32 heavy (non-hydrogen) atoms. The van der Waals surface area contributed by atoms with Gasteiger partial charge in [-0.3, -0.25) is 9.89 Å². The number of aromatic amines is 1. The smallest absolute Gasteiger partial charge is 0.256 e. The normalized spacial score (nSPS) is 11.2. The molecular weight excluding hydrogens is 409 g/mol. The first-order valence-electron chi connectivity index (χ1n) is 9.99. The third-order valence-corrected chi connectivity index (χ3v) is 5.37. The van der Waals surface area contributed by atoms with E-state index in [-0.39, 0.29) is 17.4 Å². The van der Waals surface area contributed by atoms with E-state index < -0.39 is 5.82 Å². The number of nitrogens with zero attached hydrogens (tertiary/aromatic N) is 5. The quantitative estimate of drug-likeness (QED) is 0.450. The lowest BCUT2D eigenvalue weighted by Crippen LogP contribution is -2.13. The molecule has 0 saturated heterocycles. The van der Waals surface area contributed by atoms with Crippen molar-refractivity contribution < 1.29 is 9.18 Å². The summed E-state index contributed by atoms with van der Waals surface area (Å²) in [4.78, 5) is 19.0. The first-order chi connectivity index (χ1) is 15.4. The minimum Gasteiger partial charge on any atom is -0.378 e. The molecule has 9 heteroatoms. The highest BCUT2D eigenvalue weighted by molar-refractivity contribution is 6.07. The van der Waals surface area contributed by atoms with Crippen LogP contribution in [-0.2, 0) is 0 Å². The molecule has 8 nitrogen and oxygen atoms in total. The summed E-state index contributed by atoms with van der Waals surface area (Å²) < 4.78 is 16.8. The van der Waals surface area contributed by atoms with E-state index in [0.717, 1.165) is 16.9 Å². The number of anilines is 2. The second-order valence-electron chi connectivity index (χ2n) is 7.71. The van der Waals surface area contributed by atoms with E-state index in [0.29, 0.717) is 22.2 Å². The van der Waals surface area contributed by atoms with Gasteiger partial charge >= 0.3 is 0 Å². The van der Waals surface area contributed by atoms with Crippen LogP contribution in [0.3, 0.4) is 0 Å². The van der Waals surface area contributed by atoms with Gasteiger partial charge in [-0.2, -0.15) is 10.2 Å². The van der Waals surface area contributed by atoms with Gasteiger partial charge in [0.2, 0.25) is 0 Å². The number of carbonyl (C=O) groups excluding carboxylic acids is 1. The number of aryl methyl sites for hydroxylation is 1. The molecule has 0 radical (unpaired) electrons. The van der Waals surface area contributed by atoms with Crippen molar-refractivity contribution in [3.05, 3.63) is 71.8 Å². The van der Waals surface area contributed by atoms with Gasteiger partial charge in [0.1, 0.15) is 5.69 Å². The van der Waals surface area contributed by atoms with Gasteiger partial charge in [-0.15, -0.1) is 0 Å². The van der Waals surface area contributed by atoms with E-state index in [1.54, 1.807) is 22.8 Å². The summed E-state index contributed by atoms with van der Waals surface area (Å²) in [7, 11) is 3.85. The monoisotopic (exact) mass is 429 g/mol. The minimum absolute atomic E-state index is 0.166. The number of amides is 1. The zero-order chi connectivity index (χ0) is 22.4. The Morgan fingerprint density at radius 2 is 1.94 bits per heavy atom. The van der Waals surface area contributed by atoms with Crippen LogP contribution in [0.15, 0.2) is 54.7 Å². The number of nitrogens with one attached hydrogen (secondary N) is 2. The van der Waals surface area contributed by atoms with Crippen molar-refractivity contribution in [2.45, 2.75) is 6.92 Å². The number of hydrogen-bond acceptors (Lipinski definition) is 5. The SMILES string of the molecule is Cc1cccc2c(-c3nc4[nH]nc(NC(=O)c5ccc(N(C)C)cc5)c4cc3F)cnn12. The lowest BCUT2D eigenvalue weighted by atomic mass is 10.1. The Labute approximate surface area is 182 Å². The van der Waals surface area contributed by atoms with Gasteiger partial charge < -0.3 is 10.2 Å². The highest BCUT2D eigenvalue weighted by Crippen LogP contribution is 2.30. The minimum atomic E-state index is -0.527. The largest absolute Gasteiger partial charge is 0.378 e. The van der Waals surface area contributed by atoms with E-state index in [9.17, 15) is 4.79 Å². The van der Waals surface area contributed by atoms with Crippen LogP contribution in [0.25, 0.3) is 27.8 Å². The van der Waals surface area contributed by atoms with Crippen LogP contribution >= 0.6 is 0 Å². The number of hydrogen-bond donors (Lipinski definition) is 2. The lowest BCUT2D eigenvalue weighted by Gasteiger charge is -2.12. The average Bonchev–Trinajstić information content (AvgIpc) is 3.38. The molecule has 4 aromatic heterocycles. The molecule has 5 rings (SSSR count). The van der Waals surface area contributed by atoms with E-state index in [4.69, 9.17) is 0 Å². The summed E-state index contributed by atoms with van der Waals surface area (Å²) in [5.74, 6) is -0.650. The van der Waals surface area contributed by atoms with Crippen molar-refractivity contribution >= 4 is 34.0 Å². The van der Waals surface area contributed by atoms with Crippen molar-refractivity contribution in [2.24, 2.45) is 0 Å². The fourth-order valence-corrected chi connectivity index (χ4v) is 3.63. The molecule has 0 bridgehead atoms. The number of halogens is 1. The second kappa shape index (κ2) is 7.45. The molecule has 160 valence electrons. The van der Waals surface area contributed by atoms with E-state index in [1.807, 2.05) is 56.3 Å². The molecule has 0 atom stereocenters. The molecule has 0 aliphatic rings. The first-order valence-corrected chi connectivity index (χ1v) is 9.99. The second-order valence-corrected chi connectivity index (χ2v) is 7.71. The van der Waals surface area contributed by atoms with E-state index in [2.05, 4.69) is 25.6 Å². The van der Waals surface area contributed by atoms with Crippen molar-refractivity contribution in [2.75, 3.05) is 24.3 Å². The predicted molar refractivity (Wildman–Crippen MR) is 121 cm³/mol. The number of aromatic nitrogens is 5. The maximum atomic E-state index is 15.1. The number of rotatable bonds is 4. The van der Waals surface area contributed by atoms with Crippen molar-refractivity contribution in [1.82, 2.24) is 24.8 Å². The standard InChI is InChI=1S/C23H20FN7O/c1-13-5-4-6-19-17(12-25-31(13)19)20-18(24)11-16-21(26-20)28-29-22(16)27-23(32)14-7-9-15(10-8-14)30(2)3/h4-12H,1-3H3,(H2,26,27,28,29,32). The lowest BCUT2D eigenvalue weighted by molar-refractivity contribution is 0.102. The summed E-state index contributed by atoms with van der Waals surface area (Å²) in [5, 5.41) is 14.4. The number of H-pyrrole nitrogens is 1. The predicted octanol–water partition coefficient (Wildman–Crippen LogP) is 4.04. The average molecular weight is 429 g/mol. The molecule has 0 spiro atoms. The van der Waals surface area contributed by atoms with Gasteiger partial charge in [0.15, 0.2) is 17.3 Å². The zero-order valence-electron chi connectivity index (χ0n) is 17.7. The Bertz CT molecular complexity index is 1470. The molecule has 1 aromatic carbocycles. The van der Waals surface area contributed by atoms with Gasteiger partial charge in [0.25, 0.3) is 5.91 Å². The van der Waals surface area contributed by atoms with Crippen LogP contribution < -0.4 is 10.2 Å². The topological polar surface area (TPSA) is 91.2 Å². The summed E-state index contributed by atoms with van der Waals surface area (Å²) in [6.07, 6.45) is 1.59. The van der Waals surface area contributed by atoms with Crippen LogP contribution in [0, 0.1) is 12.7 Å². The van der Waals surface area contributed by atoms with Crippen LogP contribution in [0.2, 0.25) is 0 Å². The van der Waals surface area contributed by atoms with Gasteiger partial charge in [0.05, 0.1) is 17.1 Å². The van der Waals surface area contributed by atoms with Crippen LogP contribution in [0.4, 0.5) is 15.9 Å². The van der Waals surface area contributed by atoms with Gasteiger partial charge in [-0.25, -0.2) is 13.9 Å². The van der Waals surface area contributed by atoms with E-state index in [1.165, 1.54) is 6.07 Å². The van der Waals surface area contributed by atoms with Crippen LogP contribution in [0.1, 0.15) is 16.1 Å². The summed E-state index contributed by atoms with van der Waals surface area (Å²) in [6, 6.07) is 14.2. The molecule has 4 heterocycles. The highest BCUT2D eigenvalue weighted by atomic mass is 19.1. The number of carbonyl (C=O) groups is 1. The maximum absolute atomic E-state index is 15.1. The van der Waals surface area contributed by atoms with Crippen molar-refractivity contribution in [3.8, 4) is 11.3 Å². The fourth-order valence-electron chi connectivity index (χ4n) is 3.63. The molecule has 1 amide bonds. The third-order valence-electron chi connectivity index (χ3n) is 5.37. The van der Waals surface area contributed by atoms with E-state index >= 15 is 4.39 Å². The van der Waals surface area contributed by atoms with Gasteiger partial charge in [-0.1, -0.05) is 6.07 Å². The molecule has 0 aliphatic carbocycles. The van der Waals surface area contributed by atoms with Crippen molar-refractivity contribution in [3.63, 3.8) is 0 Å².